The number of nitrogens with one attached hydrogen (secondary N) is 1. The van der Waals surface area contributed by atoms with Crippen LogP contribution in [0.4, 0.5) is 5.82 Å². The van der Waals surface area contributed by atoms with E-state index >= 15 is 0 Å². The Kier molecular flexibility index (Phi) is 7.47. The Bertz CT molecular complexity index is 1570. The molecule has 1 atom stereocenters. The topological polar surface area (TPSA) is 105 Å². The fourth-order valence-electron chi connectivity index (χ4n) is 4.66. The third-order valence-electron chi connectivity index (χ3n) is 6.60. The van der Waals surface area contributed by atoms with Crippen molar-refractivity contribution in [2.75, 3.05) is 5.32 Å². The van der Waals surface area contributed by atoms with Gasteiger partial charge in [-0.2, -0.15) is 0 Å². The smallest absolute Gasteiger partial charge is 0.273 e. The lowest BCUT2D eigenvalue weighted by Crippen LogP contribution is -2.45. The molecule has 0 bridgehead atoms. The fourth-order valence-corrected chi connectivity index (χ4v) is 4.95. The first kappa shape index (κ1) is 26.2. The number of benzene rings is 1. The van der Waals surface area contributed by atoms with E-state index in [4.69, 9.17) is 11.6 Å². The highest BCUT2D eigenvalue weighted by atomic mass is 35.5. The molecule has 39 heavy (non-hydrogen) atoms. The molecular weight excluding hydrogens is 514 g/mol. The molecular formula is C30H26ClN5O3. The number of hydrogen-bond acceptors (Lipinski definition) is 6. The van der Waals surface area contributed by atoms with E-state index in [2.05, 4.69) is 20.3 Å². The maximum absolute atomic E-state index is 13.8. The number of halogens is 1. The van der Waals surface area contributed by atoms with Crippen molar-refractivity contribution in [2.45, 2.75) is 39.3 Å². The van der Waals surface area contributed by atoms with Crippen LogP contribution in [0.3, 0.4) is 0 Å². The zero-order valence-corrected chi connectivity index (χ0v) is 22.3. The number of fused-ring (bicyclic) bond motifs is 1. The molecule has 0 radical (unpaired) electrons. The first-order chi connectivity index (χ1) is 18.8. The molecule has 9 heteroatoms. The van der Waals surface area contributed by atoms with Gasteiger partial charge in [0.2, 0.25) is 0 Å². The summed E-state index contributed by atoms with van der Waals surface area (Å²) in [6.07, 6.45) is 5.29. The van der Waals surface area contributed by atoms with Gasteiger partial charge in [0.1, 0.15) is 11.5 Å². The van der Waals surface area contributed by atoms with Gasteiger partial charge in [-0.25, -0.2) is 4.98 Å². The Hall–Kier alpha value is -4.43. The third kappa shape index (κ3) is 5.86. The Morgan fingerprint density at radius 2 is 1.85 bits per heavy atom. The van der Waals surface area contributed by atoms with Crippen molar-refractivity contribution in [3.8, 4) is 0 Å². The Balaban J connectivity index is 1.44. The minimum Gasteiger partial charge on any atom is -0.323 e. The van der Waals surface area contributed by atoms with Gasteiger partial charge in [-0.15, -0.1) is 0 Å². The van der Waals surface area contributed by atoms with Crippen molar-refractivity contribution in [3.05, 3.63) is 117 Å². The molecule has 1 aliphatic heterocycles. The number of aryl methyl sites for hydroxylation is 2. The molecule has 2 amide bonds. The summed E-state index contributed by atoms with van der Waals surface area (Å²) < 4.78 is 0. The number of ketones is 1. The minimum atomic E-state index is -0.740. The molecule has 0 spiro atoms. The normalized spacial score (nSPS) is 15.1. The number of carbonyl (C=O) groups excluding carboxylic acids is 3. The van der Waals surface area contributed by atoms with Crippen LogP contribution in [0.5, 0.6) is 0 Å². The third-order valence-corrected chi connectivity index (χ3v) is 6.91. The van der Waals surface area contributed by atoms with Crippen LogP contribution < -0.4 is 5.32 Å². The van der Waals surface area contributed by atoms with E-state index in [0.717, 1.165) is 11.1 Å². The van der Waals surface area contributed by atoms with E-state index in [-0.39, 0.29) is 47.4 Å². The number of amides is 2. The molecule has 0 fully saturated rings. The summed E-state index contributed by atoms with van der Waals surface area (Å²) in [5.74, 6) is -0.395. The lowest BCUT2D eigenvalue weighted by molar-refractivity contribution is -0.122. The molecule has 4 heterocycles. The number of anilines is 1. The summed E-state index contributed by atoms with van der Waals surface area (Å²) in [7, 11) is 0. The average Bonchev–Trinajstić information content (AvgIpc) is 2.99. The fraction of sp³-hybridized carbons (Fsp3) is 0.200. The number of Topliss-reactive ketones (excluding diaryl/α,β-unsaturated/α-hetero) is 1. The summed E-state index contributed by atoms with van der Waals surface area (Å²) >= 11 is 6.53. The van der Waals surface area contributed by atoms with Crippen LogP contribution in [0.25, 0.3) is 0 Å². The predicted molar refractivity (Wildman–Crippen MR) is 148 cm³/mol. The number of aromatic nitrogens is 3. The first-order valence-electron chi connectivity index (χ1n) is 12.5. The van der Waals surface area contributed by atoms with E-state index < -0.39 is 11.9 Å². The van der Waals surface area contributed by atoms with E-state index in [1.165, 1.54) is 4.90 Å². The highest BCUT2D eigenvalue weighted by Crippen LogP contribution is 2.26. The van der Waals surface area contributed by atoms with Crippen molar-refractivity contribution in [1.29, 1.82) is 0 Å². The Morgan fingerprint density at radius 1 is 1.00 bits per heavy atom. The molecule has 8 nitrogen and oxygen atoms in total. The molecule has 1 aliphatic rings. The highest BCUT2D eigenvalue weighted by molar-refractivity contribution is 6.34. The van der Waals surface area contributed by atoms with Crippen LogP contribution in [-0.2, 0) is 24.2 Å². The summed E-state index contributed by atoms with van der Waals surface area (Å²) in [5.41, 5.74) is 4.38. The van der Waals surface area contributed by atoms with Crippen LogP contribution in [-0.4, -0.2) is 43.5 Å². The predicted octanol–water partition coefficient (Wildman–Crippen LogP) is 4.77. The lowest BCUT2D eigenvalue weighted by atomic mass is 9.99. The van der Waals surface area contributed by atoms with Gasteiger partial charge in [-0.1, -0.05) is 29.8 Å². The molecule has 0 saturated heterocycles. The quantitative estimate of drug-likeness (QED) is 0.378. The molecule has 4 aromatic rings. The first-order valence-corrected chi connectivity index (χ1v) is 12.9. The molecule has 196 valence electrons. The lowest BCUT2D eigenvalue weighted by Gasteiger charge is -2.29. The van der Waals surface area contributed by atoms with Crippen molar-refractivity contribution in [2.24, 2.45) is 0 Å². The van der Waals surface area contributed by atoms with Gasteiger partial charge in [-0.3, -0.25) is 24.4 Å². The monoisotopic (exact) mass is 539 g/mol. The molecule has 1 aromatic carbocycles. The molecule has 3 aromatic heterocycles. The molecule has 1 N–H and O–H groups in total. The van der Waals surface area contributed by atoms with Gasteiger partial charge >= 0.3 is 0 Å². The molecule has 0 saturated carbocycles. The van der Waals surface area contributed by atoms with E-state index in [1.54, 1.807) is 48.9 Å². The van der Waals surface area contributed by atoms with E-state index in [9.17, 15) is 14.4 Å². The van der Waals surface area contributed by atoms with Crippen molar-refractivity contribution in [1.82, 2.24) is 19.9 Å². The van der Waals surface area contributed by atoms with E-state index in [1.807, 2.05) is 38.1 Å². The van der Waals surface area contributed by atoms with Crippen LogP contribution in [0, 0.1) is 13.8 Å². The zero-order valence-electron chi connectivity index (χ0n) is 21.5. The van der Waals surface area contributed by atoms with Gasteiger partial charge in [-0.05, 0) is 72.5 Å². The minimum absolute atomic E-state index is 0.0899. The largest absolute Gasteiger partial charge is 0.323 e. The zero-order chi connectivity index (χ0) is 27.5. The second-order valence-electron chi connectivity index (χ2n) is 9.62. The van der Waals surface area contributed by atoms with Crippen molar-refractivity contribution >= 4 is 35.0 Å². The maximum Gasteiger partial charge on any atom is 0.273 e. The summed E-state index contributed by atoms with van der Waals surface area (Å²) in [6.45, 7) is 3.90. The van der Waals surface area contributed by atoms with Crippen LogP contribution in [0.15, 0.2) is 73.2 Å². The Labute approximate surface area is 231 Å². The summed E-state index contributed by atoms with van der Waals surface area (Å²) in [4.78, 5) is 54.6. The standard InChI is InChI=1S/C30H26ClN5O3/c1-18-8-10-33-27(12-18)35-29(38)23-7-6-20(13-24(23)31)17-36-25(15-22-5-3-4-9-32-22)26(37)14-21-11-19(2)16-34-28(21)30(36)39/h3-13,16,25H,14-15,17H2,1-2H3,(H,33,35,38). The Morgan fingerprint density at radius 3 is 2.59 bits per heavy atom. The van der Waals surface area contributed by atoms with Crippen molar-refractivity contribution in [3.63, 3.8) is 0 Å². The average molecular weight is 540 g/mol. The second-order valence-corrected chi connectivity index (χ2v) is 10.0. The van der Waals surface area contributed by atoms with Gasteiger partial charge in [0.15, 0.2) is 5.78 Å². The molecule has 1 unspecified atom stereocenters. The number of rotatable bonds is 6. The SMILES string of the molecule is Cc1ccnc(NC(=O)c2ccc(CN3C(=O)c4ncc(C)cc4CC(=O)C3Cc3ccccn3)cc2Cl)c1. The number of pyridine rings is 3. The summed E-state index contributed by atoms with van der Waals surface area (Å²) in [5, 5.41) is 2.98. The van der Waals surface area contributed by atoms with Crippen LogP contribution in [0.1, 0.15) is 48.8 Å². The summed E-state index contributed by atoms with van der Waals surface area (Å²) in [6, 6.07) is 15.2. The highest BCUT2D eigenvalue weighted by Gasteiger charge is 2.36. The van der Waals surface area contributed by atoms with Gasteiger partial charge in [0, 0.05) is 43.7 Å². The van der Waals surface area contributed by atoms with Gasteiger partial charge in [0.05, 0.1) is 16.6 Å². The number of carbonyl (C=O) groups is 3. The van der Waals surface area contributed by atoms with Gasteiger partial charge in [0.25, 0.3) is 11.8 Å². The molecule has 0 aliphatic carbocycles. The number of hydrogen-bond donors (Lipinski definition) is 1. The second kappa shape index (κ2) is 11.1. The van der Waals surface area contributed by atoms with Crippen LogP contribution >= 0.6 is 11.6 Å². The van der Waals surface area contributed by atoms with Gasteiger partial charge < -0.3 is 10.2 Å². The van der Waals surface area contributed by atoms with Crippen molar-refractivity contribution < 1.29 is 14.4 Å². The maximum atomic E-state index is 13.8. The van der Waals surface area contributed by atoms with E-state index in [0.29, 0.717) is 22.6 Å². The number of nitrogens with zero attached hydrogens (tertiary/aromatic N) is 4. The van der Waals surface area contributed by atoms with Crippen LogP contribution in [0.2, 0.25) is 5.02 Å². The molecule has 5 rings (SSSR count).